The van der Waals surface area contributed by atoms with E-state index in [1.807, 2.05) is 6.07 Å². The van der Waals surface area contributed by atoms with Crippen LogP contribution in [0.25, 0.3) is 0 Å². The molecule has 6 heteroatoms. The average Bonchev–Trinajstić information content (AvgIpc) is 3.01. The Morgan fingerprint density at radius 2 is 1.39 bits per heavy atom. The molecule has 0 aromatic heterocycles. The van der Waals surface area contributed by atoms with Gasteiger partial charge in [0.25, 0.3) is 5.91 Å². The Morgan fingerprint density at radius 1 is 0.818 bits per heavy atom. The van der Waals surface area contributed by atoms with Gasteiger partial charge in [0.05, 0.1) is 5.56 Å². The van der Waals surface area contributed by atoms with Crippen molar-refractivity contribution in [3.63, 3.8) is 0 Å². The molecule has 0 heterocycles. The first-order chi connectivity index (χ1) is 21.1. The molecule has 0 bridgehead atoms. The largest absolute Gasteiger partial charge is 0.458 e. The van der Waals surface area contributed by atoms with Gasteiger partial charge >= 0.3 is 5.97 Å². The first kappa shape index (κ1) is 35.1. The molecule has 1 aliphatic rings. The van der Waals surface area contributed by atoms with Crippen LogP contribution in [0.1, 0.15) is 139 Å². The van der Waals surface area contributed by atoms with Gasteiger partial charge in [-0.1, -0.05) is 116 Å². The fourth-order valence-electron chi connectivity index (χ4n) is 5.82. The average molecular weight is 603 g/mol. The highest BCUT2D eigenvalue weighted by atomic mass is 16.6. The number of carbonyl (C=O) groups excluding carboxylic acids is 2. The highest BCUT2D eigenvalue weighted by Gasteiger charge is 2.37. The number of hydrogen-bond acceptors (Lipinski definition) is 5. The number of benzene rings is 2. The van der Waals surface area contributed by atoms with E-state index >= 15 is 0 Å². The molecule has 0 saturated heterocycles. The molecule has 0 unspecified atom stereocenters. The number of esters is 1. The lowest BCUT2D eigenvalue weighted by Gasteiger charge is -2.42. The number of hydrogen-bond donors (Lipinski definition) is 1. The molecule has 0 aliphatic heterocycles. The second-order valence-corrected chi connectivity index (χ2v) is 13.4. The van der Waals surface area contributed by atoms with Gasteiger partial charge in [0, 0.05) is 11.3 Å². The van der Waals surface area contributed by atoms with Crippen molar-refractivity contribution in [2.75, 3.05) is 18.5 Å². The van der Waals surface area contributed by atoms with Crippen molar-refractivity contribution in [1.29, 1.82) is 0 Å². The smallest absolute Gasteiger partial charge is 0.338 e. The molecule has 44 heavy (non-hydrogen) atoms. The number of fused-ring (bicyclic) bond motifs is 1. The lowest BCUT2D eigenvalue weighted by molar-refractivity contribution is -0.110. The molecular formula is C38H54N2O4. The molecule has 1 aliphatic carbocycles. The minimum atomic E-state index is -0.440. The van der Waals surface area contributed by atoms with E-state index in [0.29, 0.717) is 17.9 Å². The standard InChI is InChI=1S/C38H54N2O4/c1-7-9-10-11-12-13-14-15-16-17-27-44-40-34(30-20-23-32-33(28-30)38(5,6)25-24-37(32,3)4)35(41)39-31-21-18-29(19-22-31)36(42)43-26-8-2/h8,18-23,28H,2,7,9-17,24-27H2,1,3-6H3,(H,39,41). The Kier molecular flexibility index (Phi) is 13.7. The van der Waals surface area contributed by atoms with Crippen LogP contribution in [0.15, 0.2) is 60.3 Å². The Hall–Kier alpha value is -3.41. The van der Waals surface area contributed by atoms with Gasteiger partial charge in [-0.15, -0.1) is 0 Å². The van der Waals surface area contributed by atoms with Gasteiger partial charge in [-0.2, -0.15) is 0 Å². The summed E-state index contributed by atoms with van der Waals surface area (Å²) < 4.78 is 5.10. The first-order valence-corrected chi connectivity index (χ1v) is 16.6. The van der Waals surface area contributed by atoms with E-state index in [2.05, 4.69) is 63.8 Å². The van der Waals surface area contributed by atoms with Crippen LogP contribution in [0.5, 0.6) is 0 Å². The fourth-order valence-corrected chi connectivity index (χ4v) is 5.82. The summed E-state index contributed by atoms with van der Waals surface area (Å²) in [5.41, 5.74) is 4.58. The number of nitrogens with one attached hydrogen (secondary N) is 1. The van der Waals surface area contributed by atoms with Gasteiger partial charge < -0.3 is 14.9 Å². The molecule has 6 nitrogen and oxygen atoms in total. The molecule has 0 atom stereocenters. The van der Waals surface area contributed by atoms with Crippen LogP contribution < -0.4 is 5.32 Å². The van der Waals surface area contributed by atoms with Crippen LogP contribution in [-0.2, 0) is 25.2 Å². The van der Waals surface area contributed by atoms with Gasteiger partial charge in [-0.05, 0) is 78.0 Å². The van der Waals surface area contributed by atoms with Crippen LogP contribution in [0.2, 0.25) is 0 Å². The summed E-state index contributed by atoms with van der Waals surface area (Å²) in [4.78, 5) is 31.5. The summed E-state index contributed by atoms with van der Waals surface area (Å²) >= 11 is 0. The number of ether oxygens (including phenoxy) is 1. The summed E-state index contributed by atoms with van der Waals surface area (Å²) in [6.07, 6.45) is 16.1. The third-order valence-electron chi connectivity index (χ3n) is 8.80. The number of nitrogens with zero attached hydrogens (tertiary/aromatic N) is 1. The van der Waals surface area contributed by atoms with Gasteiger partial charge in [0.2, 0.25) is 0 Å². The maximum absolute atomic E-state index is 13.6. The molecule has 1 amide bonds. The highest BCUT2D eigenvalue weighted by molar-refractivity contribution is 6.48. The molecule has 0 spiro atoms. The van der Waals surface area contributed by atoms with E-state index in [1.54, 1.807) is 24.3 Å². The van der Waals surface area contributed by atoms with E-state index in [4.69, 9.17) is 9.57 Å². The molecule has 0 radical (unpaired) electrons. The van der Waals surface area contributed by atoms with Crippen molar-refractivity contribution in [3.8, 4) is 0 Å². The highest BCUT2D eigenvalue weighted by Crippen LogP contribution is 2.46. The summed E-state index contributed by atoms with van der Waals surface area (Å²) in [6, 6.07) is 12.9. The Balaban J connectivity index is 1.70. The maximum atomic E-state index is 13.6. The number of unbranched alkanes of at least 4 members (excludes halogenated alkanes) is 9. The lowest BCUT2D eigenvalue weighted by atomic mass is 9.63. The van der Waals surface area contributed by atoms with Crippen molar-refractivity contribution < 1.29 is 19.2 Å². The van der Waals surface area contributed by atoms with Crippen LogP contribution in [-0.4, -0.2) is 30.8 Å². The fraction of sp³-hybridized carbons (Fsp3) is 0.553. The second kappa shape index (κ2) is 17.2. The van der Waals surface area contributed by atoms with Crippen molar-refractivity contribution in [2.24, 2.45) is 5.16 Å². The zero-order valence-electron chi connectivity index (χ0n) is 27.8. The van der Waals surface area contributed by atoms with E-state index in [0.717, 1.165) is 31.2 Å². The van der Waals surface area contributed by atoms with Gasteiger partial charge in [0.1, 0.15) is 13.2 Å². The Bertz CT molecular complexity index is 1260. The van der Waals surface area contributed by atoms with Gasteiger partial charge in [-0.3, -0.25) is 4.79 Å². The van der Waals surface area contributed by atoms with Crippen LogP contribution >= 0.6 is 0 Å². The van der Waals surface area contributed by atoms with Crippen LogP contribution in [0.3, 0.4) is 0 Å². The minimum absolute atomic E-state index is 0.00462. The predicted molar refractivity (Wildman–Crippen MR) is 182 cm³/mol. The molecule has 2 aromatic carbocycles. The second-order valence-electron chi connectivity index (χ2n) is 13.4. The summed E-state index contributed by atoms with van der Waals surface area (Å²) in [7, 11) is 0. The van der Waals surface area contributed by atoms with Crippen LogP contribution in [0, 0.1) is 0 Å². The maximum Gasteiger partial charge on any atom is 0.338 e. The van der Waals surface area contributed by atoms with Crippen molar-refractivity contribution in [2.45, 2.75) is 122 Å². The van der Waals surface area contributed by atoms with E-state index in [1.165, 1.54) is 68.6 Å². The molecule has 1 N–H and O–H groups in total. The number of carbonyl (C=O) groups is 2. The molecule has 0 saturated carbocycles. The molecule has 0 fully saturated rings. The summed E-state index contributed by atoms with van der Waals surface area (Å²) in [5.74, 6) is -0.798. The molecular weight excluding hydrogens is 548 g/mol. The van der Waals surface area contributed by atoms with E-state index in [-0.39, 0.29) is 29.1 Å². The van der Waals surface area contributed by atoms with Crippen LogP contribution in [0.4, 0.5) is 5.69 Å². The Morgan fingerprint density at radius 3 is 2.00 bits per heavy atom. The Labute approximate surface area is 265 Å². The van der Waals surface area contributed by atoms with Gasteiger partial charge in [-0.25, -0.2) is 4.79 Å². The molecule has 3 rings (SSSR count). The van der Waals surface area contributed by atoms with E-state index in [9.17, 15) is 9.59 Å². The van der Waals surface area contributed by atoms with Crippen molar-refractivity contribution in [3.05, 3.63) is 77.4 Å². The number of amides is 1. The summed E-state index contributed by atoms with van der Waals surface area (Å²) in [6.45, 7) is 15.5. The lowest BCUT2D eigenvalue weighted by Crippen LogP contribution is -2.34. The summed E-state index contributed by atoms with van der Waals surface area (Å²) in [5, 5.41) is 7.34. The quantitative estimate of drug-likeness (QED) is 0.0606. The zero-order valence-corrected chi connectivity index (χ0v) is 27.8. The number of rotatable bonds is 18. The third-order valence-corrected chi connectivity index (χ3v) is 8.80. The number of anilines is 1. The van der Waals surface area contributed by atoms with Gasteiger partial charge in [0.15, 0.2) is 5.71 Å². The molecule has 2 aromatic rings. The monoisotopic (exact) mass is 602 g/mol. The minimum Gasteiger partial charge on any atom is -0.458 e. The SMILES string of the molecule is C=CCOC(=O)c1ccc(NC(=O)C(=NOCCCCCCCCCCCC)c2ccc3c(c2)C(C)(C)CCC3(C)C)cc1. The molecule has 240 valence electrons. The third kappa shape index (κ3) is 10.3. The van der Waals surface area contributed by atoms with Crippen molar-refractivity contribution in [1.82, 2.24) is 0 Å². The number of oxime groups is 1. The first-order valence-electron chi connectivity index (χ1n) is 16.6. The predicted octanol–water partition coefficient (Wildman–Crippen LogP) is 9.66. The normalized spacial score (nSPS) is 15.2. The zero-order chi connectivity index (χ0) is 32.0. The van der Waals surface area contributed by atoms with Crippen molar-refractivity contribution >= 4 is 23.3 Å². The van der Waals surface area contributed by atoms with E-state index < -0.39 is 5.97 Å². The topological polar surface area (TPSA) is 77.0 Å².